The molecule has 4 heteroatoms. The van der Waals surface area contributed by atoms with Crippen molar-refractivity contribution in [2.75, 3.05) is 26.2 Å². The maximum absolute atomic E-state index is 11.9. The Balaban J connectivity index is 1.77. The van der Waals surface area contributed by atoms with E-state index in [0.29, 0.717) is 5.41 Å². The van der Waals surface area contributed by atoms with Crippen LogP contribution in [0.3, 0.4) is 0 Å². The predicted molar refractivity (Wildman–Crippen MR) is 68.3 cm³/mol. The van der Waals surface area contributed by atoms with Crippen molar-refractivity contribution in [3.63, 3.8) is 0 Å². The molecule has 0 aromatic carbocycles. The molecule has 2 rings (SSSR count). The quantitative estimate of drug-likeness (QED) is 0.520. The number of amides is 1. The molecule has 0 unspecified atom stereocenters. The van der Waals surface area contributed by atoms with Crippen molar-refractivity contribution in [1.82, 2.24) is 9.21 Å². The van der Waals surface area contributed by atoms with Gasteiger partial charge in [0.1, 0.15) is 0 Å². The van der Waals surface area contributed by atoms with E-state index >= 15 is 0 Å². The lowest BCUT2D eigenvalue weighted by Crippen LogP contribution is -2.50. The molecule has 2 aliphatic heterocycles. The highest BCUT2D eigenvalue weighted by Crippen LogP contribution is 2.35. The molecule has 1 fully saturated rings. The van der Waals surface area contributed by atoms with E-state index in [4.69, 9.17) is 0 Å². The average Bonchev–Trinajstić information content (AvgIpc) is 2.15. The molecule has 1 saturated heterocycles. The van der Waals surface area contributed by atoms with Gasteiger partial charge < -0.3 is 4.90 Å². The fourth-order valence-corrected chi connectivity index (χ4v) is 3.41. The molecule has 90 valence electrons. The van der Waals surface area contributed by atoms with Crippen LogP contribution in [0.25, 0.3) is 0 Å². The van der Waals surface area contributed by atoms with Gasteiger partial charge in [-0.3, -0.25) is 4.79 Å². The van der Waals surface area contributed by atoms with Crippen LogP contribution < -0.4 is 0 Å². The largest absolute Gasteiger partial charge is 0.328 e. The van der Waals surface area contributed by atoms with Crippen molar-refractivity contribution >= 4 is 17.2 Å². The number of nitrogens with zero attached hydrogens (tertiary/aromatic N) is 2. The summed E-state index contributed by atoms with van der Waals surface area (Å²) < 4.78 is 2.16. The van der Waals surface area contributed by atoms with Gasteiger partial charge in [-0.25, -0.2) is 4.31 Å². The standard InChI is InChI=1S/C12H20N2OS/c1-10-4-6-13(7-5-10)11(15)16-14-8-12(2,3)9-14/h4H,5-9H2,1-3H3. The molecule has 0 saturated carbocycles. The van der Waals surface area contributed by atoms with Crippen molar-refractivity contribution in [1.29, 1.82) is 0 Å². The van der Waals surface area contributed by atoms with Crippen molar-refractivity contribution in [3.8, 4) is 0 Å². The lowest BCUT2D eigenvalue weighted by Gasteiger charge is -2.44. The van der Waals surface area contributed by atoms with Crippen LogP contribution >= 0.6 is 11.9 Å². The first-order valence-corrected chi connectivity index (χ1v) is 6.61. The maximum Gasteiger partial charge on any atom is 0.297 e. The number of carbonyl (C=O) groups excluding carboxylic acids is 1. The first-order valence-electron chi connectivity index (χ1n) is 5.84. The minimum Gasteiger partial charge on any atom is -0.328 e. The van der Waals surface area contributed by atoms with Gasteiger partial charge in [0.05, 0.1) is 0 Å². The van der Waals surface area contributed by atoms with Crippen molar-refractivity contribution in [3.05, 3.63) is 11.6 Å². The van der Waals surface area contributed by atoms with Crippen LogP contribution in [0.4, 0.5) is 4.79 Å². The van der Waals surface area contributed by atoms with Crippen molar-refractivity contribution in [2.45, 2.75) is 27.2 Å². The summed E-state index contributed by atoms with van der Waals surface area (Å²) in [5.74, 6) is 0. The highest BCUT2D eigenvalue weighted by atomic mass is 32.2. The fraction of sp³-hybridized carbons (Fsp3) is 0.750. The van der Waals surface area contributed by atoms with Gasteiger partial charge in [-0.15, -0.1) is 0 Å². The van der Waals surface area contributed by atoms with Gasteiger partial charge in [0.15, 0.2) is 0 Å². The molecule has 0 radical (unpaired) electrons. The highest BCUT2D eigenvalue weighted by molar-refractivity contribution is 8.11. The summed E-state index contributed by atoms with van der Waals surface area (Å²) in [5.41, 5.74) is 1.80. The highest BCUT2D eigenvalue weighted by Gasteiger charge is 2.36. The summed E-state index contributed by atoms with van der Waals surface area (Å²) >= 11 is 1.39. The van der Waals surface area contributed by atoms with Crippen LogP contribution in [-0.4, -0.2) is 40.6 Å². The minimum atomic E-state index is 0.208. The molecule has 0 atom stereocenters. The third kappa shape index (κ3) is 2.80. The summed E-state index contributed by atoms with van der Waals surface area (Å²) in [5, 5.41) is 0.208. The van der Waals surface area contributed by atoms with E-state index < -0.39 is 0 Å². The van der Waals surface area contributed by atoms with Crippen LogP contribution in [0.1, 0.15) is 27.2 Å². The summed E-state index contributed by atoms with van der Waals surface area (Å²) in [4.78, 5) is 13.9. The molecule has 1 amide bonds. The van der Waals surface area contributed by atoms with Crippen LogP contribution in [0, 0.1) is 5.41 Å². The molecule has 0 aliphatic carbocycles. The Kier molecular flexibility index (Phi) is 3.31. The van der Waals surface area contributed by atoms with Crippen LogP contribution in [0.15, 0.2) is 11.6 Å². The van der Waals surface area contributed by atoms with Gasteiger partial charge in [-0.05, 0) is 18.8 Å². The van der Waals surface area contributed by atoms with Crippen LogP contribution in [0.5, 0.6) is 0 Å². The van der Waals surface area contributed by atoms with Crippen molar-refractivity contribution < 1.29 is 4.79 Å². The monoisotopic (exact) mass is 240 g/mol. The second-order valence-corrected chi connectivity index (χ2v) is 6.61. The van der Waals surface area contributed by atoms with Crippen molar-refractivity contribution in [2.24, 2.45) is 5.41 Å². The summed E-state index contributed by atoms with van der Waals surface area (Å²) in [6, 6.07) is 0. The van der Waals surface area contributed by atoms with E-state index in [2.05, 4.69) is 31.2 Å². The van der Waals surface area contributed by atoms with E-state index in [1.165, 1.54) is 17.5 Å². The Morgan fingerprint density at radius 1 is 1.44 bits per heavy atom. The molecule has 0 spiro atoms. The first kappa shape index (κ1) is 12.0. The number of hydrogen-bond donors (Lipinski definition) is 0. The van der Waals surface area contributed by atoms with Gasteiger partial charge in [0.25, 0.3) is 5.24 Å². The van der Waals surface area contributed by atoms with E-state index in [1.54, 1.807) is 0 Å². The molecule has 3 nitrogen and oxygen atoms in total. The zero-order valence-electron chi connectivity index (χ0n) is 10.3. The predicted octanol–water partition coefficient (Wildman–Crippen LogP) is 2.75. The molecule has 0 aromatic rings. The molecular formula is C12H20N2OS. The van der Waals surface area contributed by atoms with Gasteiger partial charge in [-0.1, -0.05) is 25.5 Å². The third-order valence-electron chi connectivity index (χ3n) is 3.11. The normalized spacial score (nSPS) is 24.9. The van der Waals surface area contributed by atoms with E-state index in [9.17, 15) is 4.79 Å². The average molecular weight is 240 g/mol. The Morgan fingerprint density at radius 2 is 2.12 bits per heavy atom. The lowest BCUT2D eigenvalue weighted by atomic mass is 9.87. The molecule has 2 aliphatic rings. The fourth-order valence-electron chi connectivity index (χ4n) is 2.08. The molecule has 0 N–H and O–H groups in total. The zero-order chi connectivity index (χ0) is 11.8. The molecule has 2 heterocycles. The summed E-state index contributed by atoms with van der Waals surface area (Å²) in [7, 11) is 0. The zero-order valence-corrected chi connectivity index (χ0v) is 11.1. The molecule has 16 heavy (non-hydrogen) atoms. The Labute approximate surface area is 102 Å². The van der Waals surface area contributed by atoms with E-state index in [0.717, 1.165) is 32.6 Å². The SMILES string of the molecule is CC1=CCN(C(=O)SN2CC(C)(C)C2)CC1. The third-order valence-corrected chi connectivity index (χ3v) is 4.04. The van der Waals surface area contributed by atoms with Crippen LogP contribution in [0.2, 0.25) is 0 Å². The number of carbonyl (C=O) groups is 1. The van der Waals surface area contributed by atoms with Crippen LogP contribution in [-0.2, 0) is 0 Å². The maximum atomic E-state index is 11.9. The summed E-state index contributed by atoms with van der Waals surface area (Å²) in [6.45, 7) is 10.3. The molecule has 0 aromatic heterocycles. The lowest BCUT2D eigenvalue weighted by molar-refractivity contribution is 0.123. The van der Waals surface area contributed by atoms with Gasteiger partial charge in [0, 0.05) is 38.1 Å². The minimum absolute atomic E-state index is 0.208. The topological polar surface area (TPSA) is 23.6 Å². The van der Waals surface area contributed by atoms with Gasteiger partial charge >= 0.3 is 0 Å². The number of hydrogen-bond acceptors (Lipinski definition) is 3. The van der Waals surface area contributed by atoms with E-state index in [1.807, 2.05) is 4.90 Å². The second-order valence-electron chi connectivity index (χ2n) is 5.57. The van der Waals surface area contributed by atoms with E-state index in [-0.39, 0.29) is 5.24 Å². The second kappa shape index (κ2) is 4.41. The Hall–Kier alpha value is -0.480. The first-order chi connectivity index (χ1) is 7.46. The smallest absolute Gasteiger partial charge is 0.297 e. The molecule has 0 bridgehead atoms. The van der Waals surface area contributed by atoms with Gasteiger partial charge in [0.2, 0.25) is 0 Å². The Bertz CT molecular complexity index is 317. The summed E-state index contributed by atoms with van der Waals surface area (Å²) in [6.07, 6.45) is 3.18. The Morgan fingerprint density at radius 3 is 2.62 bits per heavy atom. The van der Waals surface area contributed by atoms with Gasteiger partial charge in [-0.2, -0.15) is 0 Å². The molecular weight excluding hydrogens is 220 g/mol. The number of rotatable bonds is 1.